The lowest BCUT2D eigenvalue weighted by Crippen LogP contribution is -2.17. The summed E-state index contributed by atoms with van der Waals surface area (Å²) in [7, 11) is 0. The molecule has 1 aliphatic heterocycles. The first-order chi connectivity index (χ1) is 6.84. The summed E-state index contributed by atoms with van der Waals surface area (Å²) in [6, 6.07) is 7.07. The van der Waals surface area contributed by atoms with Crippen molar-refractivity contribution in [3.05, 3.63) is 51.6 Å². The summed E-state index contributed by atoms with van der Waals surface area (Å²) in [5.41, 5.74) is 2.72. The first kappa shape index (κ1) is 8.53. The quantitative estimate of drug-likeness (QED) is 0.724. The minimum Gasteiger partial charge on any atom is -0.378 e. The maximum absolute atomic E-state index is 3.52. The van der Waals surface area contributed by atoms with Gasteiger partial charge in [0, 0.05) is 15.2 Å². The number of benzene rings is 1. The molecular weight excluding hydrogens is 285 g/mol. The molecule has 0 aromatic heterocycles. The molecule has 70 valence electrons. The Balaban J connectivity index is 2.12. The van der Waals surface area contributed by atoms with Gasteiger partial charge >= 0.3 is 0 Å². The van der Waals surface area contributed by atoms with E-state index in [1.807, 2.05) is 0 Å². The van der Waals surface area contributed by atoms with E-state index in [4.69, 9.17) is 0 Å². The molecule has 0 bridgehead atoms. The van der Waals surface area contributed by atoms with Crippen molar-refractivity contribution in [3.63, 3.8) is 0 Å². The fraction of sp³-hybridized carbons (Fsp3) is 0.167. The molecule has 1 aromatic carbocycles. The summed E-state index contributed by atoms with van der Waals surface area (Å²) in [4.78, 5) is 0. The lowest BCUT2D eigenvalue weighted by atomic mass is 9.92. The number of rotatable bonds is 0. The average Bonchev–Trinajstić information content (AvgIpc) is 2.56. The number of hydrogen-bond donors (Lipinski definition) is 1. The van der Waals surface area contributed by atoms with E-state index in [-0.39, 0.29) is 0 Å². The van der Waals surface area contributed by atoms with Crippen LogP contribution in [-0.2, 0) is 0 Å². The van der Waals surface area contributed by atoms with Gasteiger partial charge in [0.25, 0.3) is 0 Å². The molecule has 3 rings (SSSR count). The number of halogens is 1. The minimum atomic E-state index is 0.466. The van der Waals surface area contributed by atoms with E-state index >= 15 is 0 Å². The summed E-state index contributed by atoms with van der Waals surface area (Å²) in [6.45, 7) is 0. The van der Waals surface area contributed by atoms with Gasteiger partial charge in [0.15, 0.2) is 0 Å². The highest BCUT2D eigenvalue weighted by atomic mass is 127. The Morgan fingerprint density at radius 3 is 2.93 bits per heavy atom. The van der Waals surface area contributed by atoms with Gasteiger partial charge in [-0.25, -0.2) is 0 Å². The van der Waals surface area contributed by atoms with E-state index < -0.39 is 0 Å². The van der Waals surface area contributed by atoms with Crippen molar-refractivity contribution in [1.82, 2.24) is 0 Å². The Bertz CT molecular complexity index is 434. The summed E-state index contributed by atoms with van der Waals surface area (Å²) in [5, 5.41) is 3.52. The highest BCUT2D eigenvalue weighted by Gasteiger charge is 2.29. The van der Waals surface area contributed by atoms with E-state index in [9.17, 15) is 0 Å². The second-order valence-electron chi connectivity index (χ2n) is 3.70. The number of anilines is 1. The van der Waals surface area contributed by atoms with E-state index in [1.165, 1.54) is 14.8 Å². The van der Waals surface area contributed by atoms with E-state index in [1.54, 1.807) is 0 Å². The summed E-state index contributed by atoms with van der Waals surface area (Å²) in [5.74, 6) is 0.532. The monoisotopic (exact) mass is 295 g/mol. The molecule has 2 heteroatoms. The van der Waals surface area contributed by atoms with Crippen LogP contribution in [0.25, 0.3) is 0 Å². The molecule has 1 nitrogen and oxygen atoms in total. The topological polar surface area (TPSA) is 12.0 Å². The minimum absolute atomic E-state index is 0.466. The molecular formula is C12H10IN. The van der Waals surface area contributed by atoms with Crippen LogP contribution in [0.5, 0.6) is 0 Å². The van der Waals surface area contributed by atoms with E-state index in [0.29, 0.717) is 12.0 Å². The van der Waals surface area contributed by atoms with Gasteiger partial charge in [-0.05, 0) is 46.4 Å². The van der Waals surface area contributed by atoms with Gasteiger partial charge in [0.05, 0.1) is 6.04 Å². The van der Waals surface area contributed by atoms with Crippen molar-refractivity contribution >= 4 is 28.3 Å². The zero-order valence-electron chi connectivity index (χ0n) is 7.57. The molecule has 0 saturated heterocycles. The van der Waals surface area contributed by atoms with Gasteiger partial charge in [-0.1, -0.05) is 24.3 Å². The van der Waals surface area contributed by atoms with Crippen LogP contribution in [0.3, 0.4) is 0 Å². The highest BCUT2D eigenvalue weighted by molar-refractivity contribution is 14.1. The zero-order valence-corrected chi connectivity index (χ0v) is 9.73. The fourth-order valence-corrected chi connectivity index (χ4v) is 2.68. The SMILES string of the molecule is Ic1ccc2c(c1)C1C=CC=CC1N2. The second kappa shape index (κ2) is 3.12. The zero-order chi connectivity index (χ0) is 9.54. The smallest absolute Gasteiger partial charge is 0.0551 e. The number of fused-ring (bicyclic) bond motifs is 3. The Labute approximate surface area is 97.0 Å². The first-order valence-electron chi connectivity index (χ1n) is 4.75. The molecule has 0 fully saturated rings. The Morgan fingerprint density at radius 2 is 2.00 bits per heavy atom. The largest absolute Gasteiger partial charge is 0.378 e. The third kappa shape index (κ3) is 1.21. The Morgan fingerprint density at radius 1 is 1.14 bits per heavy atom. The molecule has 0 spiro atoms. The van der Waals surface area contributed by atoms with Crippen molar-refractivity contribution in [2.24, 2.45) is 0 Å². The summed E-state index contributed by atoms with van der Waals surface area (Å²) >= 11 is 2.37. The predicted octanol–water partition coefficient (Wildman–Crippen LogP) is 3.29. The van der Waals surface area contributed by atoms with Crippen molar-refractivity contribution < 1.29 is 0 Å². The van der Waals surface area contributed by atoms with Crippen LogP contribution < -0.4 is 5.32 Å². The third-order valence-electron chi connectivity index (χ3n) is 2.83. The van der Waals surface area contributed by atoms with Gasteiger partial charge in [0.2, 0.25) is 0 Å². The van der Waals surface area contributed by atoms with Crippen LogP contribution in [0, 0.1) is 3.57 Å². The standard InChI is InChI=1S/C12H10IN/c13-8-5-6-12-10(7-8)9-3-1-2-4-11(9)14-12/h1-7,9,11,14H. The predicted molar refractivity (Wildman–Crippen MR) is 67.6 cm³/mol. The fourth-order valence-electron chi connectivity index (χ4n) is 2.16. The van der Waals surface area contributed by atoms with Crippen LogP contribution in [0.4, 0.5) is 5.69 Å². The van der Waals surface area contributed by atoms with Crippen LogP contribution in [-0.4, -0.2) is 6.04 Å². The van der Waals surface area contributed by atoms with Crippen LogP contribution in [0.2, 0.25) is 0 Å². The van der Waals surface area contributed by atoms with Crippen molar-refractivity contribution in [1.29, 1.82) is 0 Å². The normalized spacial score (nSPS) is 26.9. The van der Waals surface area contributed by atoms with Crippen molar-refractivity contribution in [2.75, 3.05) is 5.32 Å². The van der Waals surface area contributed by atoms with Crippen LogP contribution in [0.15, 0.2) is 42.5 Å². The lowest BCUT2D eigenvalue weighted by molar-refractivity contribution is 0.805. The van der Waals surface area contributed by atoms with Gasteiger partial charge in [-0.3, -0.25) is 0 Å². The molecule has 2 aliphatic rings. The molecule has 1 N–H and O–H groups in total. The lowest BCUT2D eigenvalue weighted by Gasteiger charge is -2.15. The molecule has 2 atom stereocenters. The summed E-state index contributed by atoms with van der Waals surface area (Å²) < 4.78 is 1.31. The molecule has 0 amide bonds. The summed E-state index contributed by atoms with van der Waals surface area (Å²) in [6.07, 6.45) is 8.76. The van der Waals surface area contributed by atoms with Crippen LogP contribution in [0.1, 0.15) is 11.5 Å². The van der Waals surface area contributed by atoms with E-state index in [0.717, 1.165) is 0 Å². The molecule has 1 heterocycles. The molecule has 2 unspecified atom stereocenters. The van der Waals surface area contributed by atoms with Gasteiger partial charge in [-0.2, -0.15) is 0 Å². The van der Waals surface area contributed by atoms with Crippen molar-refractivity contribution in [3.8, 4) is 0 Å². The first-order valence-corrected chi connectivity index (χ1v) is 5.83. The maximum Gasteiger partial charge on any atom is 0.0551 e. The second-order valence-corrected chi connectivity index (χ2v) is 4.94. The van der Waals surface area contributed by atoms with Gasteiger partial charge in [-0.15, -0.1) is 0 Å². The molecule has 1 aliphatic carbocycles. The molecule has 1 aromatic rings. The number of allylic oxidation sites excluding steroid dienone is 2. The average molecular weight is 295 g/mol. The number of hydrogen-bond acceptors (Lipinski definition) is 1. The third-order valence-corrected chi connectivity index (χ3v) is 3.50. The van der Waals surface area contributed by atoms with Gasteiger partial charge < -0.3 is 5.32 Å². The maximum atomic E-state index is 3.52. The number of nitrogens with one attached hydrogen (secondary N) is 1. The van der Waals surface area contributed by atoms with Gasteiger partial charge in [0.1, 0.15) is 0 Å². The van der Waals surface area contributed by atoms with Crippen molar-refractivity contribution in [2.45, 2.75) is 12.0 Å². The highest BCUT2D eigenvalue weighted by Crippen LogP contribution is 2.39. The molecule has 0 saturated carbocycles. The molecule has 14 heavy (non-hydrogen) atoms. The van der Waals surface area contributed by atoms with E-state index in [2.05, 4.69) is 70.4 Å². The Kier molecular flexibility index (Phi) is 1.90. The van der Waals surface area contributed by atoms with Crippen LogP contribution >= 0.6 is 22.6 Å². The Hall–Kier alpha value is -0.770. The molecule has 0 radical (unpaired) electrons.